The van der Waals surface area contributed by atoms with Gasteiger partial charge in [0.2, 0.25) is 0 Å². The topological polar surface area (TPSA) is 81.7 Å². The first-order valence-corrected chi connectivity index (χ1v) is 7.66. The smallest absolute Gasteiger partial charge is 0.292 e. The van der Waals surface area contributed by atoms with Crippen molar-refractivity contribution in [3.8, 4) is 5.75 Å². The van der Waals surface area contributed by atoms with Gasteiger partial charge in [0.15, 0.2) is 11.4 Å². The molecule has 3 aromatic heterocycles. The van der Waals surface area contributed by atoms with Crippen LogP contribution in [0, 0.1) is 0 Å². The standard InChI is InChI=1S/C18H14N4O3/c23-18(21-17-8-10-19-16-9-11-20-22(16)17)15-7-6-14(25-15)12-24-13-4-2-1-3-5-13/h1-11H,12H2,(H,21,23). The van der Waals surface area contributed by atoms with Crippen LogP contribution in [0.5, 0.6) is 5.75 Å². The molecule has 3 heterocycles. The Labute approximate surface area is 142 Å². The molecule has 1 amide bonds. The van der Waals surface area contributed by atoms with E-state index in [1.807, 2.05) is 30.3 Å². The molecule has 0 radical (unpaired) electrons. The minimum atomic E-state index is -0.367. The number of fused-ring (bicyclic) bond motifs is 1. The van der Waals surface area contributed by atoms with Crippen LogP contribution in [0.15, 0.2) is 71.4 Å². The SMILES string of the molecule is O=C(Nc1ccnc2ccnn12)c1ccc(COc2ccccc2)o1. The number of aromatic nitrogens is 3. The quantitative estimate of drug-likeness (QED) is 0.606. The number of rotatable bonds is 5. The number of carbonyl (C=O) groups excluding carboxylic acids is 1. The van der Waals surface area contributed by atoms with Crippen LogP contribution in [-0.2, 0) is 6.61 Å². The summed E-state index contributed by atoms with van der Waals surface area (Å²) in [6.07, 6.45) is 3.22. The van der Waals surface area contributed by atoms with Crippen LogP contribution < -0.4 is 10.1 Å². The fraction of sp³-hybridized carbons (Fsp3) is 0.0556. The number of ether oxygens (including phenoxy) is 1. The number of anilines is 1. The van der Waals surface area contributed by atoms with Gasteiger partial charge >= 0.3 is 0 Å². The first-order valence-electron chi connectivity index (χ1n) is 7.66. The van der Waals surface area contributed by atoms with E-state index in [2.05, 4.69) is 15.4 Å². The highest BCUT2D eigenvalue weighted by atomic mass is 16.5. The Morgan fingerprint density at radius 1 is 1.08 bits per heavy atom. The third-order valence-corrected chi connectivity index (χ3v) is 3.54. The van der Waals surface area contributed by atoms with Crippen molar-refractivity contribution in [3.63, 3.8) is 0 Å². The maximum atomic E-state index is 12.4. The van der Waals surface area contributed by atoms with Crippen molar-refractivity contribution in [1.29, 1.82) is 0 Å². The maximum absolute atomic E-state index is 12.4. The largest absolute Gasteiger partial charge is 0.486 e. The lowest BCUT2D eigenvalue weighted by Crippen LogP contribution is -2.14. The van der Waals surface area contributed by atoms with E-state index in [0.717, 1.165) is 5.75 Å². The fourth-order valence-electron chi connectivity index (χ4n) is 2.36. The highest BCUT2D eigenvalue weighted by Crippen LogP contribution is 2.15. The van der Waals surface area contributed by atoms with E-state index >= 15 is 0 Å². The van der Waals surface area contributed by atoms with Crippen molar-refractivity contribution in [2.45, 2.75) is 6.61 Å². The van der Waals surface area contributed by atoms with Crippen LogP contribution in [0.2, 0.25) is 0 Å². The molecule has 0 bridgehead atoms. The summed E-state index contributed by atoms with van der Waals surface area (Å²) in [5, 5.41) is 6.88. The number of amides is 1. The third kappa shape index (κ3) is 3.20. The Hall–Kier alpha value is -3.61. The molecular formula is C18H14N4O3. The molecule has 0 aliphatic rings. The van der Waals surface area contributed by atoms with Gasteiger partial charge in [0.25, 0.3) is 5.91 Å². The molecule has 7 heteroatoms. The van der Waals surface area contributed by atoms with Gasteiger partial charge in [0.1, 0.15) is 23.9 Å². The minimum absolute atomic E-state index is 0.198. The summed E-state index contributed by atoms with van der Waals surface area (Å²) in [5.74, 6) is 1.65. The zero-order valence-electron chi connectivity index (χ0n) is 13.1. The van der Waals surface area contributed by atoms with Gasteiger partial charge in [-0.2, -0.15) is 9.61 Å². The number of hydrogen-bond donors (Lipinski definition) is 1. The van der Waals surface area contributed by atoms with Crippen LogP contribution in [-0.4, -0.2) is 20.5 Å². The number of nitrogens with one attached hydrogen (secondary N) is 1. The molecule has 0 aliphatic carbocycles. The second-order valence-electron chi connectivity index (χ2n) is 5.25. The Morgan fingerprint density at radius 3 is 2.84 bits per heavy atom. The first-order chi connectivity index (χ1) is 12.3. The van der Waals surface area contributed by atoms with Crippen molar-refractivity contribution in [3.05, 3.63) is 78.5 Å². The average Bonchev–Trinajstić information content (AvgIpc) is 3.31. The van der Waals surface area contributed by atoms with Crippen LogP contribution in [0.3, 0.4) is 0 Å². The van der Waals surface area contributed by atoms with E-state index in [-0.39, 0.29) is 18.3 Å². The molecule has 0 saturated heterocycles. The summed E-state index contributed by atoms with van der Waals surface area (Å²) in [6.45, 7) is 0.246. The van der Waals surface area contributed by atoms with E-state index in [9.17, 15) is 4.79 Å². The molecule has 1 aromatic carbocycles. The van der Waals surface area contributed by atoms with E-state index in [0.29, 0.717) is 17.2 Å². The molecule has 0 fully saturated rings. The van der Waals surface area contributed by atoms with Gasteiger partial charge in [-0.25, -0.2) is 4.98 Å². The van der Waals surface area contributed by atoms with Crippen molar-refractivity contribution in [2.75, 3.05) is 5.32 Å². The van der Waals surface area contributed by atoms with Gasteiger partial charge in [0.05, 0.1) is 6.20 Å². The second-order valence-corrected chi connectivity index (χ2v) is 5.25. The van der Waals surface area contributed by atoms with Gasteiger partial charge in [0, 0.05) is 12.3 Å². The van der Waals surface area contributed by atoms with Gasteiger partial charge in [-0.1, -0.05) is 18.2 Å². The summed E-state index contributed by atoms with van der Waals surface area (Å²) in [6, 6.07) is 16.2. The Kier molecular flexibility index (Phi) is 3.88. The normalized spacial score (nSPS) is 10.7. The molecule has 7 nitrogen and oxygen atoms in total. The lowest BCUT2D eigenvalue weighted by molar-refractivity contribution is 0.0992. The molecule has 0 aliphatic heterocycles. The van der Waals surface area contributed by atoms with Crippen molar-refractivity contribution >= 4 is 17.4 Å². The summed E-state index contributed by atoms with van der Waals surface area (Å²) < 4.78 is 12.7. The van der Waals surface area contributed by atoms with Crippen LogP contribution in [0.25, 0.3) is 5.65 Å². The van der Waals surface area contributed by atoms with E-state index < -0.39 is 0 Å². The van der Waals surface area contributed by atoms with E-state index in [4.69, 9.17) is 9.15 Å². The van der Waals surface area contributed by atoms with E-state index in [1.165, 1.54) is 0 Å². The first kappa shape index (κ1) is 14.9. The molecule has 25 heavy (non-hydrogen) atoms. The summed E-state index contributed by atoms with van der Waals surface area (Å²) in [4.78, 5) is 16.5. The van der Waals surface area contributed by atoms with Crippen molar-refractivity contribution in [1.82, 2.24) is 14.6 Å². The summed E-state index contributed by atoms with van der Waals surface area (Å²) in [5.41, 5.74) is 0.647. The van der Waals surface area contributed by atoms with E-state index in [1.54, 1.807) is 41.2 Å². The Bertz CT molecular complexity index is 1010. The molecule has 1 N–H and O–H groups in total. The van der Waals surface area contributed by atoms with Gasteiger partial charge in [-0.05, 0) is 30.3 Å². The second kappa shape index (κ2) is 6.48. The summed E-state index contributed by atoms with van der Waals surface area (Å²) >= 11 is 0. The zero-order chi connectivity index (χ0) is 17.1. The lowest BCUT2D eigenvalue weighted by atomic mass is 10.3. The van der Waals surface area contributed by atoms with Crippen LogP contribution >= 0.6 is 0 Å². The molecule has 0 unspecified atom stereocenters. The van der Waals surface area contributed by atoms with Crippen molar-refractivity contribution in [2.24, 2.45) is 0 Å². The molecular weight excluding hydrogens is 320 g/mol. The highest BCUT2D eigenvalue weighted by molar-refractivity contribution is 6.01. The maximum Gasteiger partial charge on any atom is 0.292 e. The molecule has 0 atom stereocenters. The number of para-hydroxylation sites is 1. The number of hydrogen-bond acceptors (Lipinski definition) is 5. The number of nitrogens with zero attached hydrogens (tertiary/aromatic N) is 3. The predicted molar refractivity (Wildman–Crippen MR) is 90.4 cm³/mol. The Balaban J connectivity index is 1.44. The lowest BCUT2D eigenvalue weighted by Gasteiger charge is -2.05. The molecule has 0 saturated carbocycles. The van der Waals surface area contributed by atoms with Gasteiger partial charge in [-0.15, -0.1) is 0 Å². The molecule has 4 rings (SSSR count). The average molecular weight is 334 g/mol. The van der Waals surface area contributed by atoms with Crippen molar-refractivity contribution < 1.29 is 13.9 Å². The van der Waals surface area contributed by atoms with Gasteiger partial charge in [-0.3, -0.25) is 4.79 Å². The van der Waals surface area contributed by atoms with Crippen LogP contribution in [0.4, 0.5) is 5.82 Å². The third-order valence-electron chi connectivity index (χ3n) is 3.54. The zero-order valence-corrected chi connectivity index (χ0v) is 13.1. The summed E-state index contributed by atoms with van der Waals surface area (Å²) in [7, 11) is 0. The molecule has 4 aromatic rings. The van der Waals surface area contributed by atoms with Crippen LogP contribution in [0.1, 0.15) is 16.3 Å². The Morgan fingerprint density at radius 2 is 1.96 bits per heavy atom. The van der Waals surface area contributed by atoms with Gasteiger partial charge < -0.3 is 14.5 Å². The number of benzene rings is 1. The number of carbonyl (C=O) groups is 1. The minimum Gasteiger partial charge on any atom is -0.486 e. The molecule has 124 valence electrons. The highest BCUT2D eigenvalue weighted by Gasteiger charge is 2.13. The number of furan rings is 1. The predicted octanol–water partition coefficient (Wildman–Crippen LogP) is 3.15. The monoisotopic (exact) mass is 334 g/mol. The molecule has 0 spiro atoms. The fourth-order valence-corrected chi connectivity index (χ4v) is 2.36.